The summed E-state index contributed by atoms with van der Waals surface area (Å²) in [4.78, 5) is 26.4. The van der Waals surface area contributed by atoms with Crippen LogP contribution < -0.4 is 5.32 Å². The number of hydrogen-bond donors (Lipinski definition) is 1. The molecule has 0 amide bonds. The molecule has 2 aromatic rings. The van der Waals surface area contributed by atoms with Crippen molar-refractivity contribution in [2.75, 3.05) is 13.6 Å². The first-order valence-corrected chi connectivity index (χ1v) is 14.3. The summed E-state index contributed by atoms with van der Waals surface area (Å²) in [5, 5.41) is 3.74. The number of nitrogens with one attached hydrogen (secondary N) is 1. The Morgan fingerprint density at radius 2 is 1.80 bits per heavy atom. The first-order chi connectivity index (χ1) is 17.1. The van der Waals surface area contributed by atoms with Crippen molar-refractivity contribution in [3.63, 3.8) is 0 Å². The van der Waals surface area contributed by atoms with E-state index in [1.165, 1.54) is 49.7 Å². The third-order valence-electron chi connectivity index (χ3n) is 7.11. The minimum absolute atomic E-state index is 0.122. The van der Waals surface area contributed by atoms with Crippen molar-refractivity contribution in [1.29, 1.82) is 0 Å². The molecule has 1 fully saturated rings. The van der Waals surface area contributed by atoms with E-state index in [-0.39, 0.29) is 6.04 Å². The summed E-state index contributed by atoms with van der Waals surface area (Å²) in [7, 11) is 1.97. The molecule has 5 heteroatoms. The van der Waals surface area contributed by atoms with E-state index in [4.69, 9.17) is 0 Å². The lowest BCUT2D eigenvalue weighted by Gasteiger charge is -2.25. The van der Waals surface area contributed by atoms with Gasteiger partial charge in [0, 0.05) is 28.8 Å². The van der Waals surface area contributed by atoms with E-state index in [1.807, 2.05) is 19.2 Å². The molecule has 190 valence electrons. The van der Waals surface area contributed by atoms with Crippen LogP contribution in [0, 0.1) is 0 Å². The molecule has 0 heterocycles. The fraction of sp³-hybridized carbons (Fsp3) is 0.533. The van der Waals surface area contributed by atoms with E-state index < -0.39 is 0 Å². The molecule has 1 aliphatic rings. The monoisotopic (exact) mass is 494 g/mol. The first kappa shape index (κ1) is 27.6. The summed E-state index contributed by atoms with van der Waals surface area (Å²) in [6, 6.07) is 15.5. The standard InChI is InChI=1S/C30H42N2O2S/c1-3-9-28(22-34)32(2)20-29-26(21-33)11-7-14-30(29)35-23-25-17-15-24(16-18-25)10-8-19-31-27-12-5-4-6-13-27/h7,11,14-18,21-22,27-28,31H,3-6,8-10,12-13,19-20,23H2,1-2H3. The highest BCUT2D eigenvalue weighted by atomic mass is 32.2. The van der Waals surface area contributed by atoms with Gasteiger partial charge < -0.3 is 10.1 Å². The van der Waals surface area contributed by atoms with Crippen LogP contribution in [-0.4, -0.2) is 43.1 Å². The average Bonchev–Trinajstić information content (AvgIpc) is 2.90. The third kappa shape index (κ3) is 8.89. The number of hydrogen-bond acceptors (Lipinski definition) is 5. The van der Waals surface area contributed by atoms with Crippen LogP contribution in [0.15, 0.2) is 47.4 Å². The maximum atomic E-state index is 11.7. The summed E-state index contributed by atoms with van der Waals surface area (Å²) in [6.45, 7) is 3.79. The number of benzene rings is 2. The number of likely N-dealkylation sites (N-methyl/N-ethyl adjacent to an activating group) is 1. The predicted molar refractivity (Wildman–Crippen MR) is 147 cm³/mol. The molecule has 0 radical (unpaired) electrons. The van der Waals surface area contributed by atoms with Crippen LogP contribution in [0.25, 0.3) is 0 Å². The Hall–Kier alpha value is -1.95. The molecule has 1 atom stereocenters. The van der Waals surface area contributed by atoms with E-state index >= 15 is 0 Å². The van der Waals surface area contributed by atoms with Gasteiger partial charge in [0.25, 0.3) is 0 Å². The minimum atomic E-state index is -0.122. The Kier molecular flexibility index (Phi) is 12.0. The zero-order valence-electron chi connectivity index (χ0n) is 21.5. The predicted octanol–water partition coefficient (Wildman–Crippen LogP) is 6.45. The van der Waals surface area contributed by atoms with E-state index in [0.29, 0.717) is 12.1 Å². The Morgan fingerprint density at radius 3 is 2.49 bits per heavy atom. The molecule has 0 saturated heterocycles. The highest BCUT2D eigenvalue weighted by Crippen LogP contribution is 2.30. The zero-order chi connectivity index (χ0) is 24.9. The second kappa shape index (κ2) is 15.2. The number of aryl methyl sites for hydroxylation is 1. The second-order valence-electron chi connectivity index (χ2n) is 9.85. The van der Waals surface area contributed by atoms with Gasteiger partial charge in [-0.2, -0.15) is 0 Å². The van der Waals surface area contributed by atoms with Crippen LogP contribution in [0.2, 0.25) is 0 Å². The summed E-state index contributed by atoms with van der Waals surface area (Å²) in [5.74, 6) is 0.856. The summed E-state index contributed by atoms with van der Waals surface area (Å²) in [6.07, 6.45) is 12.9. The number of carbonyl (C=O) groups is 2. The van der Waals surface area contributed by atoms with Gasteiger partial charge in [0.15, 0.2) is 0 Å². The van der Waals surface area contributed by atoms with Gasteiger partial charge in [-0.05, 0) is 68.5 Å². The molecule has 35 heavy (non-hydrogen) atoms. The summed E-state index contributed by atoms with van der Waals surface area (Å²) >= 11 is 1.76. The molecule has 0 aromatic heterocycles. The van der Waals surface area contributed by atoms with Crippen LogP contribution in [0.1, 0.15) is 85.3 Å². The van der Waals surface area contributed by atoms with Gasteiger partial charge in [-0.25, -0.2) is 0 Å². The summed E-state index contributed by atoms with van der Waals surface area (Å²) in [5.41, 5.74) is 4.40. The van der Waals surface area contributed by atoms with E-state index in [0.717, 1.165) is 60.6 Å². The number of carbonyl (C=O) groups excluding carboxylic acids is 2. The van der Waals surface area contributed by atoms with E-state index in [1.54, 1.807) is 11.8 Å². The van der Waals surface area contributed by atoms with Gasteiger partial charge in [-0.1, -0.05) is 69.0 Å². The Labute approximate surface area is 216 Å². The van der Waals surface area contributed by atoms with Gasteiger partial charge in [-0.15, -0.1) is 11.8 Å². The SMILES string of the molecule is CCCC(C=O)N(C)Cc1c(C=O)cccc1SCc1ccc(CCCNC2CCCCC2)cc1. The fourth-order valence-electron chi connectivity index (χ4n) is 4.92. The van der Waals surface area contributed by atoms with Crippen molar-refractivity contribution in [2.24, 2.45) is 0 Å². The van der Waals surface area contributed by atoms with Crippen LogP contribution in [0.3, 0.4) is 0 Å². The van der Waals surface area contributed by atoms with Crippen molar-refractivity contribution in [1.82, 2.24) is 10.2 Å². The fourth-order valence-corrected chi connectivity index (χ4v) is 5.97. The summed E-state index contributed by atoms with van der Waals surface area (Å²) < 4.78 is 0. The third-order valence-corrected chi connectivity index (χ3v) is 8.28. The second-order valence-corrected chi connectivity index (χ2v) is 10.9. The number of thioether (sulfide) groups is 1. The van der Waals surface area contributed by atoms with Crippen molar-refractivity contribution >= 4 is 24.3 Å². The van der Waals surface area contributed by atoms with E-state index in [9.17, 15) is 9.59 Å². The van der Waals surface area contributed by atoms with Crippen LogP contribution in [0.4, 0.5) is 0 Å². The topological polar surface area (TPSA) is 49.4 Å². The molecule has 0 spiro atoms. The Bertz CT molecular complexity index is 909. The molecule has 1 saturated carbocycles. The normalized spacial score (nSPS) is 15.3. The quantitative estimate of drug-likeness (QED) is 0.175. The highest BCUT2D eigenvalue weighted by molar-refractivity contribution is 7.98. The maximum absolute atomic E-state index is 11.7. The molecular formula is C30H42N2O2S. The minimum Gasteiger partial charge on any atom is -0.314 e. The molecule has 3 rings (SSSR count). The lowest BCUT2D eigenvalue weighted by molar-refractivity contribution is -0.112. The van der Waals surface area contributed by atoms with Gasteiger partial charge in [0.2, 0.25) is 0 Å². The molecule has 1 aliphatic carbocycles. The number of aldehydes is 2. The van der Waals surface area contributed by atoms with Gasteiger partial charge in [0.05, 0.1) is 6.04 Å². The van der Waals surface area contributed by atoms with Crippen molar-refractivity contribution < 1.29 is 9.59 Å². The lowest BCUT2D eigenvalue weighted by Crippen LogP contribution is -2.32. The molecule has 0 aliphatic heterocycles. The molecule has 4 nitrogen and oxygen atoms in total. The largest absolute Gasteiger partial charge is 0.314 e. The molecule has 1 unspecified atom stereocenters. The smallest absolute Gasteiger partial charge is 0.150 e. The van der Waals surface area contributed by atoms with Gasteiger partial charge in [-0.3, -0.25) is 9.69 Å². The molecule has 0 bridgehead atoms. The number of nitrogens with zero attached hydrogens (tertiary/aromatic N) is 1. The van der Waals surface area contributed by atoms with E-state index in [2.05, 4.69) is 47.5 Å². The molecule has 2 aromatic carbocycles. The maximum Gasteiger partial charge on any atom is 0.150 e. The first-order valence-electron chi connectivity index (χ1n) is 13.3. The van der Waals surface area contributed by atoms with Crippen LogP contribution >= 0.6 is 11.8 Å². The van der Waals surface area contributed by atoms with Crippen molar-refractivity contribution in [3.8, 4) is 0 Å². The lowest BCUT2D eigenvalue weighted by atomic mass is 9.95. The van der Waals surface area contributed by atoms with Crippen LogP contribution in [0.5, 0.6) is 0 Å². The highest BCUT2D eigenvalue weighted by Gasteiger charge is 2.17. The Balaban J connectivity index is 1.53. The molecular weight excluding hydrogens is 452 g/mol. The van der Waals surface area contributed by atoms with Gasteiger partial charge in [0.1, 0.15) is 12.6 Å². The zero-order valence-corrected chi connectivity index (χ0v) is 22.3. The van der Waals surface area contributed by atoms with Gasteiger partial charge >= 0.3 is 0 Å². The molecule has 1 N–H and O–H groups in total. The van der Waals surface area contributed by atoms with Crippen molar-refractivity contribution in [2.45, 2.75) is 94.0 Å². The average molecular weight is 495 g/mol. The number of rotatable bonds is 15. The van der Waals surface area contributed by atoms with Crippen molar-refractivity contribution in [3.05, 3.63) is 64.7 Å². The van der Waals surface area contributed by atoms with Crippen LogP contribution in [-0.2, 0) is 23.5 Å². The Morgan fingerprint density at radius 1 is 1.06 bits per heavy atom.